The Morgan fingerprint density at radius 3 is 2.56 bits per heavy atom. The summed E-state index contributed by atoms with van der Waals surface area (Å²) in [6, 6.07) is 24.0. The normalized spacial score (nSPS) is 16.3. The van der Waals surface area contributed by atoms with Crippen molar-refractivity contribution in [2.75, 3.05) is 6.54 Å². The van der Waals surface area contributed by atoms with Gasteiger partial charge in [0.1, 0.15) is 11.5 Å². The monoisotopic (exact) mass is 423 g/mol. The summed E-state index contributed by atoms with van der Waals surface area (Å²) in [6.07, 6.45) is 6.18. The van der Waals surface area contributed by atoms with Crippen LogP contribution in [-0.2, 0) is 6.54 Å². The molecule has 0 saturated carbocycles. The standard InChI is InChI=1S/C27H25N3O2/c28-27(31)24-13-14-26(23-7-2-1-6-22(23)24)32-21-11-9-19(10-12-21)18-30-16-4-8-25(30)20-5-3-15-29-17-20/h1-3,5-7,9-15,17,25H,4,8,16,18H2,(H2,28,31). The van der Waals surface area contributed by atoms with Crippen LogP contribution >= 0.6 is 0 Å². The van der Waals surface area contributed by atoms with Gasteiger partial charge in [-0.2, -0.15) is 0 Å². The zero-order valence-electron chi connectivity index (χ0n) is 17.8. The summed E-state index contributed by atoms with van der Waals surface area (Å²) >= 11 is 0. The van der Waals surface area contributed by atoms with E-state index in [9.17, 15) is 4.79 Å². The van der Waals surface area contributed by atoms with Crippen LogP contribution in [0.4, 0.5) is 0 Å². The largest absolute Gasteiger partial charge is 0.457 e. The molecule has 5 nitrogen and oxygen atoms in total. The van der Waals surface area contributed by atoms with Crippen molar-refractivity contribution in [3.63, 3.8) is 0 Å². The molecule has 0 radical (unpaired) electrons. The predicted octanol–water partition coefficient (Wildman–Crippen LogP) is 5.46. The van der Waals surface area contributed by atoms with Crippen molar-refractivity contribution in [3.05, 3.63) is 102 Å². The third kappa shape index (κ3) is 4.07. The Hall–Kier alpha value is -3.70. The minimum atomic E-state index is -0.441. The molecule has 2 heterocycles. The lowest BCUT2D eigenvalue weighted by Gasteiger charge is -2.24. The fraction of sp³-hybridized carbons (Fsp3) is 0.185. The zero-order valence-corrected chi connectivity index (χ0v) is 17.8. The number of primary amides is 1. The number of nitrogens with zero attached hydrogens (tertiary/aromatic N) is 2. The van der Waals surface area contributed by atoms with E-state index >= 15 is 0 Å². The first-order valence-corrected chi connectivity index (χ1v) is 10.9. The third-order valence-corrected chi connectivity index (χ3v) is 6.12. The molecular formula is C27H25N3O2. The number of likely N-dealkylation sites (tertiary alicyclic amines) is 1. The molecule has 0 spiro atoms. The summed E-state index contributed by atoms with van der Waals surface area (Å²) in [6.45, 7) is 1.99. The van der Waals surface area contributed by atoms with Crippen molar-refractivity contribution in [2.24, 2.45) is 5.73 Å². The molecule has 1 unspecified atom stereocenters. The fourth-order valence-corrected chi connectivity index (χ4v) is 4.57. The summed E-state index contributed by atoms with van der Waals surface area (Å²) in [5.74, 6) is 1.02. The van der Waals surface area contributed by atoms with Gasteiger partial charge in [0.25, 0.3) is 0 Å². The number of rotatable bonds is 6. The Balaban J connectivity index is 1.33. The number of hydrogen-bond donors (Lipinski definition) is 1. The van der Waals surface area contributed by atoms with Crippen molar-refractivity contribution >= 4 is 16.7 Å². The van der Waals surface area contributed by atoms with Crippen LogP contribution < -0.4 is 10.5 Å². The minimum Gasteiger partial charge on any atom is -0.457 e. The Morgan fingerprint density at radius 2 is 1.81 bits per heavy atom. The van der Waals surface area contributed by atoms with E-state index < -0.39 is 5.91 Å². The third-order valence-electron chi connectivity index (χ3n) is 6.12. The van der Waals surface area contributed by atoms with Crippen LogP contribution in [0.15, 0.2) is 85.2 Å². The highest BCUT2D eigenvalue weighted by Crippen LogP contribution is 2.34. The predicted molar refractivity (Wildman–Crippen MR) is 126 cm³/mol. The second-order valence-corrected chi connectivity index (χ2v) is 8.18. The first kappa shape index (κ1) is 20.2. The number of amides is 1. The van der Waals surface area contributed by atoms with E-state index in [4.69, 9.17) is 10.5 Å². The smallest absolute Gasteiger partial charge is 0.249 e. The van der Waals surface area contributed by atoms with E-state index in [-0.39, 0.29) is 0 Å². The van der Waals surface area contributed by atoms with Crippen LogP contribution in [-0.4, -0.2) is 22.3 Å². The highest BCUT2D eigenvalue weighted by Gasteiger charge is 2.26. The average Bonchev–Trinajstić information content (AvgIpc) is 3.29. The number of ether oxygens (including phenoxy) is 1. The molecule has 5 rings (SSSR count). The van der Waals surface area contributed by atoms with Gasteiger partial charge < -0.3 is 10.5 Å². The number of aromatic nitrogens is 1. The molecule has 2 N–H and O–H groups in total. The van der Waals surface area contributed by atoms with Crippen molar-refractivity contribution in [2.45, 2.75) is 25.4 Å². The van der Waals surface area contributed by atoms with Gasteiger partial charge in [0.15, 0.2) is 0 Å². The topological polar surface area (TPSA) is 68.5 Å². The van der Waals surface area contributed by atoms with Gasteiger partial charge in [0.2, 0.25) is 5.91 Å². The Morgan fingerprint density at radius 1 is 1.00 bits per heavy atom. The molecule has 3 aromatic carbocycles. The average molecular weight is 424 g/mol. The highest BCUT2D eigenvalue weighted by atomic mass is 16.5. The molecular weight excluding hydrogens is 398 g/mol. The molecule has 5 heteroatoms. The first-order chi connectivity index (χ1) is 15.7. The summed E-state index contributed by atoms with van der Waals surface area (Å²) in [5.41, 5.74) is 8.56. The summed E-state index contributed by atoms with van der Waals surface area (Å²) in [7, 11) is 0. The van der Waals surface area contributed by atoms with Gasteiger partial charge in [0, 0.05) is 35.9 Å². The number of fused-ring (bicyclic) bond motifs is 1. The maximum absolute atomic E-state index is 11.8. The molecule has 1 aromatic heterocycles. The van der Waals surface area contributed by atoms with Gasteiger partial charge >= 0.3 is 0 Å². The van der Waals surface area contributed by atoms with Crippen LogP contribution in [0.3, 0.4) is 0 Å². The molecule has 0 aliphatic carbocycles. The highest BCUT2D eigenvalue weighted by molar-refractivity contribution is 6.08. The SMILES string of the molecule is NC(=O)c1ccc(Oc2ccc(CN3CCCC3c3cccnc3)cc2)c2ccccc12. The Bertz CT molecular complexity index is 1240. The van der Waals surface area contributed by atoms with E-state index in [1.807, 2.05) is 54.9 Å². The molecule has 1 saturated heterocycles. The molecule has 4 aromatic rings. The molecule has 32 heavy (non-hydrogen) atoms. The maximum atomic E-state index is 11.8. The molecule has 1 fully saturated rings. The number of nitrogens with two attached hydrogens (primary N) is 1. The van der Waals surface area contributed by atoms with Crippen molar-refractivity contribution in [3.8, 4) is 11.5 Å². The van der Waals surface area contributed by atoms with Crippen molar-refractivity contribution in [1.29, 1.82) is 0 Å². The quantitative estimate of drug-likeness (QED) is 0.447. The zero-order chi connectivity index (χ0) is 21.9. The maximum Gasteiger partial charge on any atom is 0.249 e. The Labute approximate surface area is 187 Å². The van der Waals surface area contributed by atoms with Gasteiger partial charge in [-0.15, -0.1) is 0 Å². The number of benzene rings is 3. The van der Waals surface area contributed by atoms with Crippen LogP contribution in [0.1, 0.15) is 40.4 Å². The number of carbonyl (C=O) groups is 1. The molecule has 1 aliphatic rings. The minimum absolute atomic E-state index is 0.426. The molecule has 0 bridgehead atoms. The number of hydrogen-bond acceptors (Lipinski definition) is 4. The van der Waals surface area contributed by atoms with E-state index in [0.29, 0.717) is 17.4 Å². The van der Waals surface area contributed by atoms with Gasteiger partial charge in [-0.1, -0.05) is 42.5 Å². The van der Waals surface area contributed by atoms with Gasteiger partial charge in [-0.05, 0) is 66.2 Å². The number of carbonyl (C=O) groups excluding carboxylic acids is 1. The lowest BCUT2D eigenvalue weighted by Crippen LogP contribution is -2.22. The lowest BCUT2D eigenvalue weighted by atomic mass is 10.0. The van der Waals surface area contributed by atoms with Crippen molar-refractivity contribution < 1.29 is 9.53 Å². The molecule has 1 atom stereocenters. The molecule has 1 amide bonds. The van der Waals surface area contributed by atoms with E-state index in [1.165, 1.54) is 24.0 Å². The summed E-state index contributed by atoms with van der Waals surface area (Å²) in [4.78, 5) is 18.6. The van der Waals surface area contributed by atoms with Gasteiger partial charge in [0.05, 0.1) is 0 Å². The molecule has 160 valence electrons. The second-order valence-electron chi connectivity index (χ2n) is 8.18. The van der Waals surface area contributed by atoms with Crippen LogP contribution in [0.2, 0.25) is 0 Å². The Kier molecular flexibility index (Phi) is 5.57. The lowest BCUT2D eigenvalue weighted by molar-refractivity contribution is 0.100. The number of pyridine rings is 1. The summed E-state index contributed by atoms with van der Waals surface area (Å²) in [5, 5.41) is 1.66. The van der Waals surface area contributed by atoms with Crippen molar-refractivity contribution in [1.82, 2.24) is 9.88 Å². The molecule has 1 aliphatic heterocycles. The van der Waals surface area contributed by atoms with Gasteiger partial charge in [-0.25, -0.2) is 0 Å². The first-order valence-electron chi connectivity index (χ1n) is 10.9. The van der Waals surface area contributed by atoms with Crippen LogP contribution in [0.5, 0.6) is 11.5 Å². The second kappa shape index (κ2) is 8.81. The van der Waals surface area contributed by atoms with Crippen LogP contribution in [0.25, 0.3) is 10.8 Å². The fourth-order valence-electron chi connectivity index (χ4n) is 4.57. The van der Waals surface area contributed by atoms with E-state index in [1.54, 1.807) is 12.1 Å². The van der Waals surface area contributed by atoms with Gasteiger partial charge in [-0.3, -0.25) is 14.7 Å². The van der Waals surface area contributed by atoms with E-state index in [0.717, 1.165) is 29.6 Å². The van der Waals surface area contributed by atoms with E-state index in [2.05, 4.69) is 28.1 Å². The summed E-state index contributed by atoms with van der Waals surface area (Å²) < 4.78 is 6.17. The van der Waals surface area contributed by atoms with Crippen LogP contribution in [0, 0.1) is 0 Å².